The third-order valence-corrected chi connectivity index (χ3v) is 4.90. The molecule has 0 saturated heterocycles. The average molecular weight is 429 g/mol. The fourth-order valence-corrected chi connectivity index (χ4v) is 3.18. The molecule has 2 heterocycles. The maximum atomic E-state index is 13.6. The van der Waals surface area contributed by atoms with E-state index in [0.29, 0.717) is 23.2 Å². The second kappa shape index (κ2) is 8.23. The van der Waals surface area contributed by atoms with E-state index in [0.717, 1.165) is 11.6 Å². The van der Waals surface area contributed by atoms with Crippen LogP contribution < -0.4 is 11.1 Å². The van der Waals surface area contributed by atoms with Gasteiger partial charge in [0.05, 0.1) is 35.0 Å². The van der Waals surface area contributed by atoms with Crippen molar-refractivity contribution >= 4 is 28.5 Å². The molecule has 0 fully saturated rings. The number of hydrogen-bond acceptors (Lipinski definition) is 6. The molecular formula is C22H16FN7O2. The second-order valence-corrected chi connectivity index (χ2v) is 7.02. The molecule has 0 atom stereocenters. The van der Waals surface area contributed by atoms with Gasteiger partial charge < -0.3 is 11.1 Å². The minimum absolute atomic E-state index is 0.0568. The number of primary amides is 1. The van der Waals surface area contributed by atoms with Crippen LogP contribution in [-0.4, -0.2) is 31.8 Å². The molecule has 0 bridgehead atoms. The predicted octanol–water partition coefficient (Wildman–Crippen LogP) is 2.55. The lowest BCUT2D eigenvalue weighted by Gasteiger charge is -2.08. The van der Waals surface area contributed by atoms with Gasteiger partial charge in [-0.3, -0.25) is 9.59 Å². The Morgan fingerprint density at radius 3 is 2.62 bits per heavy atom. The number of nitrogens with zero attached hydrogens (tertiary/aromatic N) is 5. The van der Waals surface area contributed by atoms with E-state index in [4.69, 9.17) is 11.0 Å². The summed E-state index contributed by atoms with van der Waals surface area (Å²) in [5.41, 5.74) is 7.54. The molecule has 10 heteroatoms. The van der Waals surface area contributed by atoms with Gasteiger partial charge in [-0.15, -0.1) is 5.10 Å². The molecule has 0 unspecified atom stereocenters. The van der Waals surface area contributed by atoms with Crippen molar-refractivity contribution in [2.75, 3.05) is 5.32 Å². The fraction of sp³-hybridized carbons (Fsp3) is 0.0909. The molecule has 2 amide bonds. The van der Waals surface area contributed by atoms with Crippen molar-refractivity contribution in [1.29, 1.82) is 5.26 Å². The van der Waals surface area contributed by atoms with E-state index >= 15 is 0 Å². The second-order valence-electron chi connectivity index (χ2n) is 7.02. The smallest absolute Gasteiger partial charge is 0.275 e. The van der Waals surface area contributed by atoms with Crippen molar-refractivity contribution in [2.24, 2.45) is 5.73 Å². The highest BCUT2D eigenvalue weighted by atomic mass is 19.1. The highest BCUT2D eigenvalue weighted by Gasteiger charge is 2.18. The Bertz CT molecular complexity index is 1400. The van der Waals surface area contributed by atoms with E-state index in [1.807, 2.05) is 0 Å². The van der Waals surface area contributed by atoms with E-state index < -0.39 is 17.6 Å². The lowest BCUT2D eigenvalue weighted by molar-refractivity contribution is 0.100. The molecule has 0 spiro atoms. The summed E-state index contributed by atoms with van der Waals surface area (Å²) in [4.78, 5) is 28.8. The minimum Gasteiger partial charge on any atom is -0.366 e. The third kappa shape index (κ3) is 3.99. The zero-order valence-electron chi connectivity index (χ0n) is 16.8. The van der Waals surface area contributed by atoms with Gasteiger partial charge in [0.2, 0.25) is 5.91 Å². The van der Waals surface area contributed by atoms with Crippen molar-refractivity contribution in [3.8, 4) is 6.07 Å². The van der Waals surface area contributed by atoms with Crippen molar-refractivity contribution in [2.45, 2.75) is 13.5 Å². The summed E-state index contributed by atoms with van der Waals surface area (Å²) in [6.07, 6.45) is 0. The summed E-state index contributed by atoms with van der Waals surface area (Å²) >= 11 is 0. The molecule has 0 saturated carbocycles. The summed E-state index contributed by atoms with van der Waals surface area (Å²) < 4.78 is 15.2. The number of nitrogens with one attached hydrogen (secondary N) is 1. The molecule has 0 aliphatic carbocycles. The number of hydrogen-bond donors (Lipinski definition) is 2. The topological polar surface area (TPSA) is 140 Å². The van der Waals surface area contributed by atoms with Gasteiger partial charge in [-0.2, -0.15) is 5.26 Å². The number of rotatable bonds is 5. The number of nitrogens with two attached hydrogens (primary N) is 1. The maximum Gasteiger partial charge on any atom is 0.275 e. The summed E-state index contributed by atoms with van der Waals surface area (Å²) in [5, 5.41) is 19.9. The lowest BCUT2D eigenvalue weighted by atomic mass is 10.1. The zero-order valence-corrected chi connectivity index (χ0v) is 16.8. The molecule has 2 aromatic heterocycles. The number of halogens is 1. The van der Waals surface area contributed by atoms with Gasteiger partial charge in [0, 0.05) is 11.5 Å². The number of carbonyl (C=O) groups is 2. The monoisotopic (exact) mass is 429 g/mol. The Hall–Kier alpha value is -4.65. The number of benzene rings is 2. The van der Waals surface area contributed by atoms with Crippen LogP contribution in [0.1, 0.15) is 37.7 Å². The molecule has 4 rings (SSSR count). The quantitative estimate of drug-likeness (QED) is 0.500. The molecule has 9 nitrogen and oxygen atoms in total. The van der Waals surface area contributed by atoms with Gasteiger partial charge in [-0.05, 0) is 42.8 Å². The summed E-state index contributed by atoms with van der Waals surface area (Å²) in [5.74, 6) is -1.75. The van der Waals surface area contributed by atoms with Crippen molar-refractivity contribution < 1.29 is 14.0 Å². The standard InChI is InChI=1S/C22H16FN7O2/c1-12-21(28-29-30(12)11-14-4-2-13(10-24)3-5-14)27-22(32)19-9-17(20(25)31)16-7-6-15(23)8-18(16)26-19/h2-9H,11H2,1H3,(H2,25,31)(H,27,32). The molecule has 4 aromatic rings. The summed E-state index contributed by atoms with van der Waals surface area (Å²) in [6.45, 7) is 2.12. The van der Waals surface area contributed by atoms with Gasteiger partial charge >= 0.3 is 0 Å². The number of fused-ring (bicyclic) bond motifs is 1. The first-order valence-corrected chi connectivity index (χ1v) is 9.46. The molecule has 3 N–H and O–H groups in total. The van der Waals surface area contributed by atoms with E-state index in [1.54, 1.807) is 35.9 Å². The van der Waals surface area contributed by atoms with Crippen molar-refractivity contribution in [3.63, 3.8) is 0 Å². The Morgan fingerprint density at radius 2 is 1.94 bits per heavy atom. The van der Waals surface area contributed by atoms with E-state index in [9.17, 15) is 14.0 Å². The number of pyridine rings is 1. The van der Waals surface area contributed by atoms with Crippen LogP contribution in [0.5, 0.6) is 0 Å². The average Bonchev–Trinajstić information content (AvgIpc) is 3.12. The van der Waals surface area contributed by atoms with Crippen LogP contribution in [0.25, 0.3) is 10.9 Å². The van der Waals surface area contributed by atoms with Crippen LogP contribution in [0.15, 0.2) is 48.5 Å². The number of carbonyl (C=O) groups excluding carboxylic acids is 2. The van der Waals surface area contributed by atoms with Gasteiger partial charge in [0.25, 0.3) is 5.91 Å². The van der Waals surface area contributed by atoms with Crippen molar-refractivity contribution in [3.05, 3.63) is 82.4 Å². The van der Waals surface area contributed by atoms with E-state index in [-0.39, 0.29) is 22.6 Å². The predicted molar refractivity (Wildman–Crippen MR) is 113 cm³/mol. The van der Waals surface area contributed by atoms with Crippen LogP contribution in [0.3, 0.4) is 0 Å². The minimum atomic E-state index is -0.761. The van der Waals surface area contributed by atoms with Gasteiger partial charge in [-0.1, -0.05) is 17.3 Å². The molecule has 0 aliphatic rings. The number of nitriles is 1. The van der Waals surface area contributed by atoms with Crippen LogP contribution in [0, 0.1) is 24.1 Å². The highest BCUT2D eigenvalue weighted by Crippen LogP contribution is 2.21. The van der Waals surface area contributed by atoms with Crippen LogP contribution >= 0.6 is 0 Å². The maximum absolute atomic E-state index is 13.6. The number of anilines is 1. The van der Waals surface area contributed by atoms with Crippen LogP contribution in [0.4, 0.5) is 10.2 Å². The van der Waals surface area contributed by atoms with Crippen molar-refractivity contribution in [1.82, 2.24) is 20.0 Å². The molecule has 0 aliphatic heterocycles. The van der Waals surface area contributed by atoms with Gasteiger partial charge in [0.15, 0.2) is 5.82 Å². The SMILES string of the molecule is Cc1c(NC(=O)c2cc(C(N)=O)c3ccc(F)cc3n2)nnn1Cc1ccc(C#N)cc1. The largest absolute Gasteiger partial charge is 0.366 e. The van der Waals surface area contributed by atoms with E-state index in [2.05, 4.69) is 26.7 Å². The molecule has 32 heavy (non-hydrogen) atoms. The normalized spacial score (nSPS) is 10.7. The Labute approximate surface area is 181 Å². The molecular weight excluding hydrogens is 413 g/mol. The zero-order chi connectivity index (χ0) is 22.8. The van der Waals surface area contributed by atoms with Gasteiger partial charge in [-0.25, -0.2) is 14.1 Å². The van der Waals surface area contributed by atoms with Gasteiger partial charge in [0.1, 0.15) is 11.5 Å². The van der Waals surface area contributed by atoms with Crippen LogP contribution in [-0.2, 0) is 6.54 Å². The van der Waals surface area contributed by atoms with E-state index in [1.165, 1.54) is 18.2 Å². The summed E-state index contributed by atoms with van der Waals surface area (Å²) in [7, 11) is 0. The lowest BCUT2D eigenvalue weighted by Crippen LogP contribution is -2.18. The third-order valence-electron chi connectivity index (χ3n) is 4.90. The Balaban J connectivity index is 1.60. The first-order valence-electron chi connectivity index (χ1n) is 9.46. The molecule has 158 valence electrons. The Kier molecular flexibility index (Phi) is 5.30. The summed E-state index contributed by atoms with van der Waals surface area (Å²) in [6, 6.07) is 14.0. The number of amides is 2. The highest BCUT2D eigenvalue weighted by molar-refractivity contribution is 6.10. The fourth-order valence-electron chi connectivity index (χ4n) is 3.18. The molecule has 0 radical (unpaired) electrons. The first kappa shape index (κ1) is 20.6. The van der Waals surface area contributed by atoms with Crippen LogP contribution in [0.2, 0.25) is 0 Å². The number of aromatic nitrogens is 4. The first-order chi connectivity index (χ1) is 15.4. The molecule has 2 aromatic carbocycles. The Morgan fingerprint density at radius 1 is 1.19 bits per heavy atom.